The fourth-order valence-corrected chi connectivity index (χ4v) is 2.14. The van der Waals surface area contributed by atoms with Crippen molar-refractivity contribution in [1.82, 2.24) is 4.90 Å². The van der Waals surface area contributed by atoms with Gasteiger partial charge in [0.25, 0.3) is 0 Å². The van der Waals surface area contributed by atoms with Crippen molar-refractivity contribution >= 4 is 6.03 Å². The Balaban J connectivity index is 3.54. The van der Waals surface area contributed by atoms with Crippen LogP contribution in [0.15, 0.2) is 0 Å². The highest BCUT2D eigenvalue weighted by Crippen LogP contribution is 2.07. The lowest BCUT2D eigenvalue weighted by atomic mass is 10.1. The molecular formula is C15H32N2O. The van der Waals surface area contributed by atoms with E-state index in [0.29, 0.717) is 0 Å². The van der Waals surface area contributed by atoms with Gasteiger partial charge in [0, 0.05) is 13.1 Å². The van der Waals surface area contributed by atoms with Crippen LogP contribution in [0, 0.1) is 0 Å². The molecule has 0 rings (SSSR count). The van der Waals surface area contributed by atoms with Crippen LogP contribution >= 0.6 is 0 Å². The number of hydrogen-bond donors (Lipinski definition) is 1. The zero-order valence-electron chi connectivity index (χ0n) is 12.4. The second-order valence-electron chi connectivity index (χ2n) is 5.15. The minimum absolute atomic E-state index is 0.250. The fraction of sp³-hybridized carbons (Fsp3) is 0.933. The molecule has 0 aliphatic carbocycles. The van der Waals surface area contributed by atoms with Crippen LogP contribution in [0.5, 0.6) is 0 Å². The zero-order valence-corrected chi connectivity index (χ0v) is 12.4. The Labute approximate surface area is 113 Å². The minimum Gasteiger partial charge on any atom is -0.351 e. The van der Waals surface area contributed by atoms with E-state index >= 15 is 0 Å². The Kier molecular flexibility index (Phi) is 12.2. The lowest BCUT2D eigenvalue weighted by Gasteiger charge is -2.20. The molecule has 0 aromatic carbocycles. The Morgan fingerprint density at radius 2 is 1.17 bits per heavy atom. The van der Waals surface area contributed by atoms with Gasteiger partial charge < -0.3 is 10.6 Å². The summed E-state index contributed by atoms with van der Waals surface area (Å²) in [5.41, 5.74) is 5.40. The molecule has 108 valence electrons. The van der Waals surface area contributed by atoms with E-state index in [0.717, 1.165) is 25.9 Å². The van der Waals surface area contributed by atoms with Gasteiger partial charge in [-0.05, 0) is 12.8 Å². The third kappa shape index (κ3) is 10.4. The smallest absolute Gasteiger partial charge is 0.314 e. The highest BCUT2D eigenvalue weighted by molar-refractivity contribution is 5.71. The Morgan fingerprint density at radius 3 is 1.61 bits per heavy atom. The van der Waals surface area contributed by atoms with Crippen LogP contribution in [-0.4, -0.2) is 24.0 Å². The van der Waals surface area contributed by atoms with Crippen LogP contribution in [0.1, 0.15) is 78.1 Å². The molecular weight excluding hydrogens is 224 g/mol. The molecule has 0 aromatic heterocycles. The van der Waals surface area contributed by atoms with Gasteiger partial charge in [-0.3, -0.25) is 0 Å². The first-order valence-electron chi connectivity index (χ1n) is 7.76. The normalized spacial score (nSPS) is 10.6. The van der Waals surface area contributed by atoms with Crippen molar-refractivity contribution in [1.29, 1.82) is 0 Å². The summed E-state index contributed by atoms with van der Waals surface area (Å²) in [6, 6.07) is -0.250. The number of nitrogens with zero attached hydrogens (tertiary/aromatic N) is 1. The number of carbonyl (C=O) groups is 1. The summed E-state index contributed by atoms with van der Waals surface area (Å²) >= 11 is 0. The minimum atomic E-state index is -0.250. The van der Waals surface area contributed by atoms with E-state index in [1.807, 2.05) is 4.90 Å². The van der Waals surface area contributed by atoms with Crippen molar-refractivity contribution in [3.63, 3.8) is 0 Å². The summed E-state index contributed by atoms with van der Waals surface area (Å²) in [5, 5.41) is 0. The SMILES string of the molecule is CCCCCCCCN(CCCCCC)C(N)=O. The molecule has 18 heavy (non-hydrogen) atoms. The largest absolute Gasteiger partial charge is 0.351 e. The van der Waals surface area contributed by atoms with E-state index in [1.54, 1.807) is 0 Å². The molecule has 0 radical (unpaired) electrons. The topological polar surface area (TPSA) is 46.3 Å². The van der Waals surface area contributed by atoms with Crippen LogP contribution in [0.25, 0.3) is 0 Å². The summed E-state index contributed by atoms with van der Waals surface area (Å²) in [6.07, 6.45) is 12.3. The van der Waals surface area contributed by atoms with Gasteiger partial charge in [0.15, 0.2) is 0 Å². The predicted molar refractivity (Wildman–Crippen MR) is 78.7 cm³/mol. The van der Waals surface area contributed by atoms with E-state index < -0.39 is 0 Å². The lowest BCUT2D eigenvalue weighted by molar-refractivity contribution is 0.205. The molecule has 0 spiro atoms. The number of urea groups is 1. The quantitative estimate of drug-likeness (QED) is 0.520. The molecule has 0 unspecified atom stereocenters. The highest BCUT2D eigenvalue weighted by atomic mass is 16.2. The Bertz CT molecular complexity index is 195. The van der Waals surface area contributed by atoms with Crippen LogP contribution < -0.4 is 5.73 Å². The first-order valence-corrected chi connectivity index (χ1v) is 7.76. The molecule has 0 bridgehead atoms. The molecule has 2 N–H and O–H groups in total. The van der Waals surface area contributed by atoms with Gasteiger partial charge in [-0.2, -0.15) is 0 Å². The Hall–Kier alpha value is -0.730. The molecule has 3 nitrogen and oxygen atoms in total. The molecule has 0 heterocycles. The van der Waals surface area contributed by atoms with E-state index in [9.17, 15) is 4.79 Å². The summed E-state index contributed by atoms with van der Waals surface area (Å²) < 4.78 is 0. The summed E-state index contributed by atoms with van der Waals surface area (Å²) in [6.45, 7) is 6.10. The zero-order chi connectivity index (χ0) is 13.6. The van der Waals surface area contributed by atoms with Crippen LogP contribution in [0.4, 0.5) is 4.79 Å². The van der Waals surface area contributed by atoms with Gasteiger partial charge in [0.2, 0.25) is 0 Å². The van der Waals surface area contributed by atoms with Crippen molar-refractivity contribution in [3.8, 4) is 0 Å². The van der Waals surface area contributed by atoms with Gasteiger partial charge in [-0.25, -0.2) is 4.79 Å². The summed E-state index contributed by atoms with van der Waals surface area (Å²) in [4.78, 5) is 13.1. The van der Waals surface area contributed by atoms with Crippen molar-refractivity contribution in [3.05, 3.63) is 0 Å². The van der Waals surface area contributed by atoms with Crippen molar-refractivity contribution in [2.75, 3.05) is 13.1 Å². The molecule has 0 saturated carbocycles. The van der Waals surface area contributed by atoms with Crippen LogP contribution in [0.3, 0.4) is 0 Å². The summed E-state index contributed by atoms with van der Waals surface area (Å²) in [5.74, 6) is 0. The monoisotopic (exact) mass is 256 g/mol. The van der Waals surface area contributed by atoms with Gasteiger partial charge >= 0.3 is 6.03 Å². The van der Waals surface area contributed by atoms with Gasteiger partial charge in [-0.1, -0.05) is 65.2 Å². The summed E-state index contributed by atoms with van der Waals surface area (Å²) in [7, 11) is 0. The molecule has 2 amide bonds. The molecule has 0 atom stereocenters. The molecule has 0 saturated heterocycles. The maximum Gasteiger partial charge on any atom is 0.314 e. The van der Waals surface area contributed by atoms with Gasteiger partial charge in [0.05, 0.1) is 0 Å². The Morgan fingerprint density at radius 1 is 0.778 bits per heavy atom. The number of rotatable bonds is 12. The number of amides is 2. The van der Waals surface area contributed by atoms with E-state index in [2.05, 4.69) is 13.8 Å². The van der Waals surface area contributed by atoms with Crippen molar-refractivity contribution in [2.45, 2.75) is 78.1 Å². The standard InChI is InChI=1S/C15H32N2O/c1-3-5-7-9-10-12-14-17(15(16)18)13-11-8-6-4-2/h3-14H2,1-2H3,(H2,16,18). The number of primary amides is 1. The molecule has 0 aliphatic rings. The first-order chi connectivity index (χ1) is 8.72. The second-order valence-corrected chi connectivity index (χ2v) is 5.15. The third-order valence-electron chi connectivity index (χ3n) is 3.37. The lowest BCUT2D eigenvalue weighted by Crippen LogP contribution is -2.37. The average Bonchev–Trinajstić information content (AvgIpc) is 2.35. The molecule has 0 fully saturated rings. The van der Waals surface area contributed by atoms with Crippen LogP contribution in [-0.2, 0) is 0 Å². The second kappa shape index (κ2) is 12.7. The van der Waals surface area contributed by atoms with Gasteiger partial charge in [0.1, 0.15) is 0 Å². The molecule has 0 aliphatic heterocycles. The van der Waals surface area contributed by atoms with Crippen molar-refractivity contribution < 1.29 is 4.79 Å². The number of carbonyl (C=O) groups excluding carboxylic acids is 1. The third-order valence-corrected chi connectivity index (χ3v) is 3.37. The number of hydrogen-bond acceptors (Lipinski definition) is 1. The molecule has 3 heteroatoms. The van der Waals surface area contributed by atoms with E-state index in [1.165, 1.54) is 51.4 Å². The maximum atomic E-state index is 11.3. The molecule has 0 aromatic rings. The van der Waals surface area contributed by atoms with E-state index in [4.69, 9.17) is 5.73 Å². The number of nitrogens with two attached hydrogens (primary N) is 1. The maximum absolute atomic E-state index is 11.3. The van der Waals surface area contributed by atoms with Gasteiger partial charge in [-0.15, -0.1) is 0 Å². The van der Waals surface area contributed by atoms with Crippen molar-refractivity contribution in [2.24, 2.45) is 5.73 Å². The number of unbranched alkanes of at least 4 members (excludes halogenated alkanes) is 8. The highest BCUT2D eigenvalue weighted by Gasteiger charge is 2.07. The van der Waals surface area contributed by atoms with Crippen LogP contribution in [0.2, 0.25) is 0 Å². The fourth-order valence-electron chi connectivity index (χ4n) is 2.14. The van der Waals surface area contributed by atoms with E-state index in [-0.39, 0.29) is 6.03 Å². The average molecular weight is 256 g/mol. The first kappa shape index (κ1) is 17.3. The predicted octanol–water partition coefficient (Wildman–Crippen LogP) is 4.31.